The third kappa shape index (κ3) is 3.95. The van der Waals surface area contributed by atoms with Crippen LogP contribution >= 0.6 is 0 Å². The number of nitrogens with zero attached hydrogens (tertiary/aromatic N) is 2. The molecular weight excluding hydrogens is 406 g/mol. The highest BCUT2D eigenvalue weighted by Crippen LogP contribution is 2.49. The third-order valence-electron chi connectivity index (χ3n) is 7.91. The molecule has 0 radical (unpaired) electrons. The first-order chi connectivity index (χ1) is 15.6. The summed E-state index contributed by atoms with van der Waals surface area (Å²) in [4.78, 5) is 28.8. The first-order valence-electron chi connectivity index (χ1n) is 12.2. The number of allylic oxidation sites excluding steroid dienone is 1. The number of fused-ring (bicyclic) bond motifs is 3. The van der Waals surface area contributed by atoms with Gasteiger partial charge < -0.3 is 19.7 Å². The van der Waals surface area contributed by atoms with Crippen molar-refractivity contribution >= 4 is 12.0 Å². The summed E-state index contributed by atoms with van der Waals surface area (Å²) in [5, 5.41) is 13.6. The van der Waals surface area contributed by atoms with Gasteiger partial charge in [0.05, 0.1) is 12.1 Å². The molecule has 4 heterocycles. The molecular formula is C25H35N3O4. The van der Waals surface area contributed by atoms with Crippen molar-refractivity contribution < 1.29 is 14.6 Å². The van der Waals surface area contributed by atoms with Gasteiger partial charge in [-0.1, -0.05) is 12.2 Å². The second-order valence-corrected chi connectivity index (χ2v) is 9.97. The summed E-state index contributed by atoms with van der Waals surface area (Å²) in [6, 6.07) is 3.59. The van der Waals surface area contributed by atoms with Crippen LogP contribution in [-0.4, -0.2) is 59.4 Å². The maximum absolute atomic E-state index is 13.4. The topological polar surface area (TPSA) is 83.8 Å². The zero-order valence-corrected chi connectivity index (χ0v) is 18.9. The molecule has 3 fully saturated rings. The summed E-state index contributed by atoms with van der Waals surface area (Å²) in [6.45, 7) is 5.48. The summed E-state index contributed by atoms with van der Waals surface area (Å²) in [6.07, 6.45) is 8.09. The normalized spacial score (nSPS) is 30.6. The van der Waals surface area contributed by atoms with E-state index in [1.807, 2.05) is 29.7 Å². The molecule has 1 aliphatic carbocycles. The Morgan fingerprint density at radius 1 is 1.22 bits per heavy atom. The van der Waals surface area contributed by atoms with E-state index in [2.05, 4.69) is 16.3 Å². The maximum Gasteiger partial charge on any atom is 0.258 e. The Morgan fingerprint density at radius 3 is 2.69 bits per heavy atom. The van der Waals surface area contributed by atoms with E-state index in [1.165, 1.54) is 12.8 Å². The van der Waals surface area contributed by atoms with E-state index in [0.29, 0.717) is 23.9 Å². The van der Waals surface area contributed by atoms with Crippen molar-refractivity contribution in [2.45, 2.75) is 51.2 Å². The highest BCUT2D eigenvalue weighted by molar-refractivity contribution is 5.83. The number of carbonyl (C=O) groups excluding carboxylic acids is 1. The van der Waals surface area contributed by atoms with Crippen LogP contribution < -0.4 is 10.9 Å². The number of amides is 1. The number of likely N-dealkylation sites (tertiary alicyclic amines) is 1. The summed E-state index contributed by atoms with van der Waals surface area (Å²) in [5.74, 6) is 0.995. The first-order valence-corrected chi connectivity index (χ1v) is 12.2. The van der Waals surface area contributed by atoms with Crippen molar-refractivity contribution in [3.8, 4) is 0 Å². The number of hydrogen-bond acceptors (Lipinski definition) is 5. The van der Waals surface area contributed by atoms with Crippen molar-refractivity contribution in [3.05, 3.63) is 39.8 Å². The number of nitrogens with one attached hydrogen (secondary N) is 1. The maximum atomic E-state index is 13.4. The van der Waals surface area contributed by atoms with Crippen molar-refractivity contribution in [2.24, 2.45) is 23.7 Å². The van der Waals surface area contributed by atoms with Crippen molar-refractivity contribution in [2.75, 3.05) is 32.9 Å². The van der Waals surface area contributed by atoms with Crippen molar-refractivity contribution in [1.29, 1.82) is 0 Å². The lowest BCUT2D eigenvalue weighted by molar-refractivity contribution is -0.128. The number of ether oxygens (including phenoxy) is 1. The van der Waals surface area contributed by atoms with E-state index in [-0.39, 0.29) is 42.0 Å². The molecule has 4 aliphatic rings. The van der Waals surface area contributed by atoms with E-state index in [1.54, 1.807) is 0 Å². The Hall–Kier alpha value is -1.96. The monoisotopic (exact) mass is 441 g/mol. The molecule has 7 heteroatoms. The van der Waals surface area contributed by atoms with Crippen LogP contribution in [0.25, 0.3) is 6.08 Å². The van der Waals surface area contributed by atoms with Crippen LogP contribution in [0.2, 0.25) is 0 Å². The van der Waals surface area contributed by atoms with Crippen LogP contribution in [0, 0.1) is 23.7 Å². The molecule has 0 unspecified atom stereocenters. The van der Waals surface area contributed by atoms with Crippen LogP contribution in [0.1, 0.15) is 49.9 Å². The summed E-state index contributed by atoms with van der Waals surface area (Å²) < 4.78 is 7.44. The zero-order valence-electron chi connectivity index (χ0n) is 18.9. The minimum Gasteiger partial charge on any atom is -0.396 e. The Morgan fingerprint density at radius 2 is 2.00 bits per heavy atom. The molecule has 1 aromatic heterocycles. The standard InChI is InChI=1S/C25H35N3O4/c1-2-3-18-6-7-21-22-19(14-27(21)25(18)31)20(15-29)23(24(30)26-12-16-4-5-16)28(22)13-17-8-10-32-11-9-17/h2-3,6-7,16-17,19-20,22-23,29H,4-5,8-15H2,1H3,(H,26,30)/b3-2-/t19-,20-,22+,23-/m1/s1. The molecule has 0 aromatic carbocycles. The van der Waals surface area contributed by atoms with Gasteiger partial charge in [0.2, 0.25) is 5.91 Å². The second kappa shape index (κ2) is 9.12. The van der Waals surface area contributed by atoms with Gasteiger partial charge in [0.15, 0.2) is 0 Å². The van der Waals surface area contributed by atoms with Gasteiger partial charge in [-0.25, -0.2) is 0 Å². The molecule has 0 bridgehead atoms. The van der Waals surface area contributed by atoms with Gasteiger partial charge in [0, 0.05) is 62.5 Å². The Labute approximate surface area is 189 Å². The predicted molar refractivity (Wildman–Crippen MR) is 122 cm³/mol. The molecule has 2 N–H and O–H groups in total. The predicted octanol–water partition coefficient (Wildman–Crippen LogP) is 1.80. The molecule has 3 aliphatic heterocycles. The van der Waals surface area contributed by atoms with Crippen LogP contribution in [0.15, 0.2) is 23.0 Å². The molecule has 1 saturated carbocycles. The Balaban J connectivity index is 1.48. The molecule has 5 rings (SSSR count). The lowest BCUT2D eigenvalue weighted by Gasteiger charge is -2.35. The van der Waals surface area contributed by atoms with E-state index in [4.69, 9.17) is 4.74 Å². The average Bonchev–Trinajstić information content (AvgIpc) is 3.48. The number of carbonyl (C=O) groups is 1. The quantitative estimate of drug-likeness (QED) is 0.674. The van der Waals surface area contributed by atoms with Crippen molar-refractivity contribution in [1.82, 2.24) is 14.8 Å². The van der Waals surface area contributed by atoms with Crippen LogP contribution in [0.3, 0.4) is 0 Å². The number of hydrogen-bond donors (Lipinski definition) is 2. The molecule has 174 valence electrons. The number of aliphatic hydroxyl groups excluding tert-OH is 1. The second-order valence-electron chi connectivity index (χ2n) is 9.97. The fourth-order valence-electron chi connectivity index (χ4n) is 6.04. The minimum absolute atomic E-state index is 0.0148. The molecule has 32 heavy (non-hydrogen) atoms. The Kier molecular flexibility index (Phi) is 6.23. The smallest absolute Gasteiger partial charge is 0.258 e. The molecule has 7 nitrogen and oxygen atoms in total. The number of rotatable bonds is 7. The van der Waals surface area contributed by atoms with E-state index in [0.717, 1.165) is 44.8 Å². The molecule has 1 aromatic rings. The van der Waals surface area contributed by atoms with Gasteiger partial charge in [0.1, 0.15) is 0 Å². The van der Waals surface area contributed by atoms with Crippen LogP contribution in [0.5, 0.6) is 0 Å². The first kappa shape index (κ1) is 21.9. The van der Waals surface area contributed by atoms with Gasteiger partial charge in [-0.15, -0.1) is 0 Å². The minimum atomic E-state index is -0.351. The molecule has 0 spiro atoms. The number of pyridine rings is 1. The van der Waals surface area contributed by atoms with E-state index in [9.17, 15) is 14.7 Å². The third-order valence-corrected chi connectivity index (χ3v) is 7.91. The summed E-state index contributed by atoms with van der Waals surface area (Å²) in [7, 11) is 0. The highest BCUT2D eigenvalue weighted by atomic mass is 16.5. The highest BCUT2D eigenvalue weighted by Gasteiger charge is 2.55. The van der Waals surface area contributed by atoms with Gasteiger partial charge in [-0.3, -0.25) is 14.5 Å². The molecule has 1 amide bonds. The summed E-state index contributed by atoms with van der Waals surface area (Å²) in [5.41, 5.74) is 1.69. The van der Waals surface area contributed by atoms with Gasteiger partial charge in [-0.05, 0) is 56.6 Å². The fraction of sp³-hybridized carbons (Fsp3) is 0.680. The Bertz CT molecular complexity index is 932. The van der Waals surface area contributed by atoms with Crippen LogP contribution in [0.4, 0.5) is 0 Å². The molecule has 2 saturated heterocycles. The molecule has 4 atom stereocenters. The summed E-state index contributed by atoms with van der Waals surface area (Å²) >= 11 is 0. The lowest BCUT2D eigenvalue weighted by Crippen LogP contribution is -2.50. The zero-order chi connectivity index (χ0) is 22.2. The average molecular weight is 442 g/mol. The largest absolute Gasteiger partial charge is 0.396 e. The van der Waals surface area contributed by atoms with Gasteiger partial charge >= 0.3 is 0 Å². The van der Waals surface area contributed by atoms with E-state index < -0.39 is 0 Å². The van der Waals surface area contributed by atoms with Gasteiger partial charge in [0.25, 0.3) is 5.56 Å². The van der Waals surface area contributed by atoms with Crippen LogP contribution in [-0.2, 0) is 16.1 Å². The fourth-order valence-corrected chi connectivity index (χ4v) is 6.04. The van der Waals surface area contributed by atoms with Crippen molar-refractivity contribution in [3.63, 3.8) is 0 Å². The number of aliphatic hydroxyl groups is 1. The van der Waals surface area contributed by atoms with E-state index >= 15 is 0 Å². The number of aromatic nitrogens is 1. The lowest BCUT2D eigenvalue weighted by atomic mass is 9.88. The van der Waals surface area contributed by atoms with Gasteiger partial charge in [-0.2, -0.15) is 0 Å². The SMILES string of the molecule is C/C=C\c1ccc2n(c1=O)C[C@@H]1[C@@H](CO)[C@H](C(=O)NCC3CC3)N(CC3CCOCC3)[C@H]21.